The Kier molecular flexibility index (Phi) is 4.74. The molecule has 0 aliphatic carbocycles. The minimum Gasteiger partial charge on any atom is -0.324 e. The third kappa shape index (κ3) is 3.63. The van der Waals surface area contributed by atoms with E-state index in [-0.39, 0.29) is 11.9 Å². The summed E-state index contributed by atoms with van der Waals surface area (Å²) in [6.45, 7) is 1.82. The van der Waals surface area contributed by atoms with Crippen molar-refractivity contribution in [2.45, 2.75) is 22.8 Å². The summed E-state index contributed by atoms with van der Waals surface area (Å²) < 4.78 is 13.9. The normalized spacial score (nSPS) is 12.5. The highest BCUT2D eigenvalue weighted by Crippen LogP contribution is 2.34. The fourth-order valence-electron chi connectivity index (χ4n) is 1.55. The van der Waals surface area contributed by atoms with E-state index in [4.69, 9.17) is 28.9 Å². The average molecular weight is 316 g/mol. The molecular weight excluding hydrogens is 304 g/mol. The molecule has 19 heavy (non-hydrogen) atoms. The first-order valence-electron chi connectivity index (χ1n) is 5.65. The van der Waals surface area contributed by atoms with Gasteiger partial charge in [0.05, 0.1) is 10.0 Å². The monoisotopic (exact) mass is 315 g/mol. The summed E-state index contributed by atoms with van der Waals surface area (Å²) in [4.78, 5) is 1.37. The molecule has 2 rings (SSSR count). The van der Waals surface area contributed by atoms with Crippen molar-refractivity contribution < 1.29 is 4.39 Å². The standard InChI is InChI=1S/C14H12Cl2FNS/c1-8(18)9-2-5-14(13(17)6-9)19-10-3-4-11(15)12(16)7-10/h2-8H,18H2,1H3. The van der Waals surface area contributed by atoms with Gasteiger partial charge in [-0.25, -0.2) is 4.39 Å². The number of rotatable bonds is 3. The molecule has 100 valence electrons. The topological polar surface area (TPSA) is 26.0 Å². The van der Waals surface area contributed by atoms with Gasteiger partial charge in [0, 0.05) is 15.8 Å². The quantitative estimate of drug-likeness (QED) is 0.831. The van der Waals surface area contributed by atoms with Crippen molar-refractivity contribution in [1.29, 1.82) is 0 Å². The summed E-state index contributed by atoms with van der Waals surface area (Å²) in [5, 5.41) is 0.943. The van der Waals surface area contributed by atoms with Gasteiger partial charge >= 0.3 is 0 Å². The van der Waals surface area contributed by atoms with Gasteiger partial charge in [0.1, 0.15) is 5.82 Å². The Bertz CT molecular complexity index is 602. The lowest BCUT2D eigenvalue weighted by atomic mass is 10.1. The molecule has 0 heterocycles. The van der Waals surface area contributed by atoms with Gasteiger partial charge in [-0.3, -0.25) is 0 Å². The summed E-state index contributed by atoms with van der Waals surface area (Å²) in [5.74, 6) is -0.286. The van der Waals surface area contributed by atoms with Crippen LogP contribution in [-0.2, 0) is 0 Å². The van der Waals surface area contributed by atoms with E-state index in [0.717, 1.165) is 10.5 Å². The van der Waals surface area contributed by atoms with Crippen LogP contribution >= 0.6 is 35.0 Å². The number of hydrogen-bond donors (Lipinski definition) is 1. The van der Waals surface area contributed by atoms with E-state index >= 15 is 0 Å². The zero-order chi connectivity index (χ0) is 14.0. The third-order valence-electron chi connectivity index (χ3n) is 2.60. The van der Waals surface area contributed by atoms with Crippen LogP contribution in [0.1, 0.15) is 18.5 Å². The Hall–Kier alpha value is -0.740. The van der Waals surface area contributed by atoms with Gasteiger partial charge in [-0.15, -0.1) is 0 Å². The molecule has 1 unspecified atom stereocenters. The second-order valence-corrected chi connectivity index (χ2v) is 6.09. The van der Waals surface area contributed by atoms with Crippen molar-refractivity contribution in [3.63, 3.8) is 0 Å². The predicted molar refractivity (Wildman–Crippen MR) is 79.6 cm³/mol. The van der Waals surface area contributed by atoms with Crippen LogP contribution in [0.15, 0.2) is 46.2 Å². The Morgan fingerprint density at radius 2 is 1.84 bits per heavy atom. The number of benzene rings is 2. The van der Waals surface area contributed by atoms with Gasteiger partial charge in [-0.05, 0) is 42.8 Å². The van der Waals surface area contributed by atoms with Crippen molar-refractivity contribution >= 4 is 35.0 Å². The molecule has 0 bridgehead atoms. The van der Waals surface area contributed by atoms with Crippen molar-refractivity contribution in [2.24, 2.45) is 5.73 Å². The third-order valence-corrected chi connectivity index (χ3v) is 4.38. The highest BCUT2D eigenvalue weighted by molar-refractivity contribution is 7.99. The Labute approximate surface area is 125 Å². The molecule has 2 aromatic carbocycles. The summed E-state index contributed by atoms with van der Waals surface area (Å²) in [6, 6.07) is 10.0. The SMILES string of the molecule is CC(N)c1ccc(Sc2ccc(Cl)c(Cl)c2)c(F)c1. The van der Waals surface area contributed by atoms with Gasteiger partial charge < -0.3 is 5.73 Å². The van der Waals surface area contributed by atoms with E-state index < -0.39 is 0 Å². The fraction of sp³-hybridized carbons (Fsp3) is 0.143. The molecule has 5 heteroatoms. The van der Waals surface area contributed by atoms with Crippen LogP contribution < -0.4 is 5.73 Å². The summed E-state index contributed by atoms with van der Waals surface area (Å²) >= 11 is 13.1. The molecule has 0 radical (unpaired) electrons. The Morgan fingerprint density at radius 1 is 1.11 bits per heavy atom. The van der Waals surface area contributed by atoms with E-state index in [1.807, 2.05) is 13.0 Å². The minimum absolute atomic E-state index is 0.182. The second-order valence-electron chi connectivity index (χ2n) is 4.16. The highest BCUT2D eigenvalue weighted by atomic mass is 35.5. The van der Waals surface area contributed by atoms with Crippen LogP contribution in [0.25, 0.3) is 0 Å². The molecule has 2 N–H and O–H groups in total. The predicted octanol–water partition coefficient (Wildman–Crippen LogP) is 5.30. The number of nitrogens with two attached hydrogens (primary N) is 1. The van der Waals surface area contributed by atoms with Gasteiger partial charge in [-0.1, -0.05) is 41.0 Å². The largest absolute Gasteiger partial charge is 0.324 e. The van der Waals surface area contributed by atoms with Crippen LogP contribution in [0, 0.1) is 5.82 Å². The van der Waals surface area contributed by atoms with Crippen LogP contribution in [0.4, 0.5) is 4.39 Å². The lowest BCUT2D eigenvalue weighted by molar-refractivity contribution is 0.596. The molecular formula is C14H12Cl2FNS. The lowest BCUT2D eigenvalue weighted by Crippen LogP contribution is -2.05. The number of hydrogen-bond acceptors (Lipinski definition) is 2. The highest BCUT2D eigenvalue weighted by Gasteiger charge is 2.08. The molecule has 0 aliphatic rings. The van der Waals surface area contributed by atoms with Crippen LogP contribution in [-0.4, -0.2) is 0 Å². The molecule has 1 nitrogen and oxygen atoms in total. The van der Waals surface area contributed by atoms with Gasteiger partial charge in [0.2, 0.25) is 0 Å². The Morgan fingerprint density at radius 3 is 2.42 bits per heavy atom. The van der Waals surface area contributed by atoms with Crippen molar-refractivity contribution in [3.8, 4) is 0 Å². The first kappa shape index (κ1) is 14.7. The van der Waals surface area contributed by atoms with Crippen LogP contribution in [0.2, 0.25) is 10.0 Å². The van der Waals surface area contributed by atoms with E-state index in [1.54, 1.807) is 24.3 Å². The van der Waals surface area contributed by atoms with E-state index in [2.05, 4.69) is 0 Å². The van der Waals surface area contributed by atoms with Crippen molar-refractivity contribution in [3.05, 3.63) is 57.8 Å². The first-order valence-corrected chi connectivity index (χ1v) is 7.22. The summed E-state index contributed by atoms with van der Waals surface area (Å²) in [6.07, 6.45) is 0. The van der Waals surface area contributed by atoms with Crippen molar-refractivity contribution in [2.75, 3.05) is 0 Å². The Balaban J connectivity index is 2.25. The lowest BCUT2D eigenvalue weighted by Gasteiger charge is -2.09. The van der Waals surface area contributed by atoms with Crippen molar-refractivity contribution in [1.82, 2.24) is 0 Å². The maximum absolute atomic E-state index is 13.9. The minimum atomic E-state index is -0.286. The zero-order valence-corrected chi connectivity index (χ0v) is 12.5. The van der Waals surface area contributed by atoms with E-state index in [9.17, 15) is 4.39 Å². The molecule has 0 spiro atoms. The molecule has 0 aromatic heterocycles. The summed E-state index contributed by atoms with van der Waals surface area (Å²) in [7, 11) is 0. The molecule has 0 amide bonds. The van der Waals surface area contributed by atoms with Crippen LogP contribution in [0.3, 0.4) is 0 Å². The maximum atomic E-state index is 13.9. The average Bonchev–Trinajstić information content (AvgIpc) is 2.36. The van der Waals surface area contributed by atoms with E-state index in [1.165, 1.54) is 17.8 Å². The second kappa shape index (κ2) is 6.14. The number of halogens is 3. The maximum Gasteiger partial charge on any atom is 0.137 e. The molecule has 0 saturated carbocycles. The van der Waals surface area contributed by atoms with Gasteiger partial charge in [0.15, 0.2) is 0 Å². The molecule has 1 atom stereocenters. The molecule has 0 aliphatic heterocycles. The molecule has 2 aromatic rings. The first-order chi connectivity index (χ1) is 8.97. The van der Waals surface area contributed by atoms with Gasteiger partial charge in [-0.2, -0.15) is 0 Å². The summed E-state index contributed by atoms with van der Waals surface area (Å²) in [5.41, 5.74) is 6.49. The molecule has 0 fully saturated rings. The smallest absolute Gasteiger partial charge is 0.137 e. The fourth-order valence-corrected chi connectivity index (χ4v) is 2.77. The zero-order valence-electron chi connectivity index (χ0n) is 10.2. The van der Waals surface area contributed by atoms with E-state index in [0.29, 0.717) is 14.9 Å². The van der Waals surface area contributed by atoms with Gasteiger partial charge in [0.25, 0.3) is 0 Å². The van der Waals surface area contributed by atoms with Crippen LogP contribution in [0.5, 0.6) is 0 Å². The molecule has 0 saturated heterocycles.